The van der Waals surface area contributed by atoms with Crippen LogP contribution in [0.25, 0.3) is 22.5 Å². The van der Waals surface area contributed by atoms with E-state index in [1.54, 1.807) is 23.9 Å². The zero-order valence-electron chi connectivity index (χ0n) is 15.1. The summed E-state index contributed by atoms with van der Waals surface area (Å²) < 4.78 is 39.9. The van der Waals surface area contributed by atoms with Gasteiger partial charge in [0.2, 0.25) is 0 Å². The minimum atomic E-state index is -4.36. The first-order chi connectivity index (χ1) is 13.3. The van der Waals surface area contributed by atoms with Crippen molar-refractivity contribution >= 4 is 5.91 Å². The molecule has 0 aliphatic heterocycles. The number of aromatic nitrogens is 2. The molecule has 4 nitrogen and oxygen atoms in total. The van der Waals surface area contributed by atoms with E-state index >= 15 is 0 Å². The number of nitrogens with one attached hydrogen (secondary N) is 1. The van der Waals surface area contributed by atoms with Gasteiger partial charge in [0.15, 0.2) is 0 Å². The van der Waals surface area contributed by atoms with E-state index in [9.17, 15) is 18.0 Å². The minimum absolute atomic E-state index is 0.0829. The molecular weight excluding hydrogens is 367 g/mol. The molecule has 1 heterocycles. The van der Waals surface area contributed by atoms with Crippen molar-refractivity contribution in [3.05, 3.63) is 65.7 Å². The highest BCUT2D eigenvalue weighted by atomic mass is 19.4. The maximum Gasteiger partial charge on any atom is 0.416 e. The lowest BCUT2D eigenvalue weighted by atomic mass is 10.1. The average Bonchev–Trinajstić information content (AvgIpc) is 3.40. The van der Waals surface area contributed by atoms with Crippen molar-refractivity contribution in [2.75, 3.05) is 0 Å². The summed E-state index contributed by atoms with van der Waals surface area (Å²) in [5.74, 6) is -0.0829. The van der Waals surface area contributed by atoms with Crippen LogP contribution in [-0.4, -0.2) is 21.7 Å². The lowest BCUT2D eigenvalue weighted by molar-refractivity contribution is -0.137. The molecule has 1 fully saturated rings. The Morgan fingerprint density at radius 1 is 1.04 bits per heavy atom. The number of nitrogens with zero attached hydrogens (tertiary/aromatic N) is 2. The summed E-state index contributed by atoms with van der Waals surface area (Å²) in [6, 6.07) is 14.3. The summed E-state index contributed by atoms with van der Waals surface area (Å²) in [6.45, 7) is 0. The first-order valence-electron chi connectivity index (χ1n) is 8.94. The Labute approximate surface area is 160 Å². The molecule has 4 rings (SSSR count). The Kier molecular flexibility index (Phi) is 4.45. The van der Waals surface area contributed by atoms with E-state index in [1.165, 1.54) is 12.1 Å². The van der Waals surface area contributed by atoms with Gasteiger partial charge < -0.3 is 5.32 Å². The minimum Gasteiger partial charge on any atom is -0.349 e. The summed E-state index contributed by atoms with van der Waals surface area (Å²) >= 11 is 0. The summed E-state index contributed by atoms with van der Waals surface area (Å²) in [5, 5.41) is 7.40. The number of carbonyl (C=O) groups is 1. The molecule has 0 bridgehead atoms. The molecular formula is C21H18F3N3O. The van der Waals surface area contributed by atoms with Crippen LogP contribution in [0, 0.1) is 0 Å². The van der Waals surface area contributed by atoms with Crippen LogP contribution in [-0.2, 0) is 13.2 Å². The van der Waals surface area contributed by atoms with Crippen LogP contribution in [0.4, 0.5) is 13.2 Å². The van der Waals surface area contributed by atoms with Crippen LogP contribution < -0.4 is 5.32 Å². The second-order valence-corrected chi connectivity index (χ2v) is 6.94. The Morgan fingerprint density at radius 3 is 2.21 bits per heavy atom. The highest BCUT2D eigenvalue weighted by Gasteiger charge is 2.30. The summed E-state index contributed by atoms with van der Waals surface area (Å²) in [7, 11) is 1.74. The second kappa shape index (κ2) is 6.82. The predicted octanol–water partition coefficient (Wildman–Crippen LogP) is 4.67. The fraction of sp³-hybridized carbons (Fsp3) is 0.238. The van der Waals surface area contributed by atoms with Crippen molar-refractivity contribution in [2.45, 2.75) is 25.1 Å². The van der Waals surface area contributed by atoms with Crippen molar-refractivity contribution in [3.8, 4) is 22.5 Å². The molecule has 0 saturated heterocycles. The lowest BCUT2D eigenvalue weighted by Gasteiger charge is -2.07. The Morgan fingerprint density at radius 2 is 1.64 bits per heavy atom. The molecule has 0 spiro atoms. The quantitative estimate of drug-likeness (QED) is 0.710. The van der Waals surface area contributed by atoms with Crippen molar-refractivity contribution in [3.63, 3.8) is 0 Å². The van der Waals surface area contributed by atoms with E-state index < -0.39 is 11.7 Å². The van der Waals surface area contributed by atoms with Crippen molar-refractivity contribution in [2.24, 2.45) is 7.05 Å². The Bertz CT molecular complexity index is 1000. The van der Waals surface area contributed by atoms with Gasteiger partial charge in [-0.2, -0.15) is 18.3 Å². The molecule has 2 aromatic carbocycles. The highest BCUT2D eigenvalue weighted by molar-refractivity contribution is 5.95. The fourth-order valence-electron chi connectivity index (χ4n) is 3.00. The predicted molar refractivity (Wildman–Crippen MR) is 99.6 cm³/mol. The maximum absolute atomic E-state index is 12.7. The molecule has 0 atom stereocenters. The van der Waals surface area contributed by atoms with Crippen LogP contribution in [0.5, 0.6) is 0 Å². The zero-order valence-corrected chi connectivity index (χ0v) is 15.1. The number of halogens is 3. The van der Waals surface area contributed by atoms with E-state index in [2.05, 4.69) is 10.4 Å². The Balaban J connectivity index is 1.56. The molecule has 1 amide bonds. The molecule has 0 radical (unpaired) electrons. The number of aryl methyl sites for hydroxylation is 1. The maximum atomic E-state index is 12.7. The van der Waals surface area contributed by atoms with E-state index in [-0.39, 0.29) is 5.91 Å². The molecule has 1 aliphatic carbocycles. The van der Waals surface area contributed by atoms with Gasteiger partial charge in [-0.25, -0.2) is 0 Å². The van der Waals surface area contributed by atoms with Gasteiger partial charge in [-0.05, 0) is 48.7 Å². The van der Waals surface area contributed by atoms with Gasteiger partial charge in [-0.1, -0.05) is 24.3 Å². The third-order valence-electron chi connectivity index (χ3n) is 4.74. The zero-order chi connectivity index (χ0) is 19.9. The van der Waals surface area contributed by atoms with E-state index in [4.69, 9.17) is 0 Å². The number of hydrogen-bond donors (Lipinski definition) is 1. The van der Waals surface area contributed by atoms with E-state index in [0.29, 0.717) is 28.6 Å². The lowest BCUT2D eigenvalue weighted by Crippen LogP contribution is -2.25. The fourth-order valence-corrected chi connectivity index (χ4v) is 3.00. The summed E-state index contributed by atoms with van der Waals surface area (Å²) in [4.78, 5) is 12.1. The molecule has 0 unspecified atom stereocenters. The third kappa shape index (κ3) is 3.78. The number of amides is 1. The summed E-state index contributed by atoms with van der Waals surface area (Å²) in [5.41, 5.74) is 2.78. The molecule has 1 aromatic heterocycles. The van der Waals surface area contributed by atoms with Gasteiger partial charge in [-0.15, -0.1) is 0 Å². The number of alkyl halides is 3. The van der Waals surface area contributed by atoms with Crippen LogP contribution in [0.1, 0.15) is 28.8 Å². The second-order valence-electron chi connectivity index (χ2n) is 6.94. The number of benzene rings is 2. The van der Waals surface area contributed by atoms with Gasteiger partial charge in [0.05, 0.1) is 17.0 Å². The largest absolute Gasteiger partial charge is 0.416 e. The number of rotatable bonds is 4. The van der Waals surface area contributed by atoms with Gasteiger partial charge in [0, 0.05) is 24.2 Å². The Hall–Kier alpha value is -3.09. The van der Waals surface area contributed by atoms with E-state index in [1.807, 2.05) is 18.2 Å². The first kappa shape index (κ1) is 18.3. The number of hydrogen-bond acceptors (Lipinski definition) is 2. The van der Waals surface area contributed by atoms with Gasteiger partial charge in [0.1, 0.15) is 0 Å². The van der Waals surface area contributed by atoms with Crippen molar-refractivity contribution in [1.29, 1.82) is 0 Å². The molecule has 7 heteroatoms. The van der Waals surface area contributed by atoms with Gasteiger partial charge >= 0.3 is 6.18 Å². The van der Waals surface area contributed by atoms with Crippen LogP contribution in [0.3, 0.4) is 0 Å². The first-order valence-corrected chi connectivity index (χ1v) is 8.94. The number of carbonyl (C=O) groups excluding carboxylic acids is 1. The SMILES string of the molecule is Cn1nc(-c2ccc(C(=O)NC3CC3)cc2)cc1-c1ccc(C(F)(F)F)cc1. The third-order valence-corrected chi connectivity index (χ3v) is 4.74. The van der Waals surface area contributed by atoms with Gasteiger partial charge in [0.25, 0.3) is 5.91 Å². The van der Waals surface area contributed by atoms with Gasteiger partial charge in [-0.3, -0.25) is 9.48 Å². The van der Waals surface area contributed by atoms with Crippen LogP contribution >= 0.6 is 0 Å². The monoisotopic (exact) mass is 385 g/mol. The molecule has 144 valence electrons. The highest BCUT2D eigenvalue weighted by Crippen LogP contribution is 2.32. The van der Waals surface area contributed by atoms with Crippen LogP contribution in [0.2, 0.25) is 0 Å². The summed E-state index contributed by atoms with van der Waals surface area (Å²) in [6.07, 6.45) is -2.29. The smallest absolute Gasteiger partial charge is 0.349 e. The van der Waals surface area contributed by atoms with E-state index in [0.717, 1.165) is 30.5 Å². The molecule has 1 saturated carbocycles. The molecule has 3 aromatic rings. The van der Waals surface area contributed by atoms with Crippen molar-refractivity contribution in [1.82, 2.24) is 15.1 Å². The van der Waals surface area contributed by atoms with Crippen molar-refractivity contribution < 1.29 is 18.0 Å². The average molecular weight is 385 g/mol. The standard InChI is InChI=1S/C21H18F3N3O/c1-27-19(14-6-8-16(9-7-14)21(22,23)24)12-18(26-27)13-2-4-15(5-3-13)20(28)25-17-10-11-17/h2-9,12,17H,10-11H2,1H3,(H,25,28). The molecule has 1 N–H and O–H groups in total. The molecule has 28 heavy (non-hydrogen) atoms. The normalized spacial score (nSPS) is 14.1. The topological polar surface area (TPSA) is 46.9 Å². The molecule has 1 aliphatic rings. The van der Waals surface area contributed by atoms with Crippen LogP contribution in [0.15, 0.2) is 54.6 Å².